The Bertz CT molecular complexity index is 88.2. The minimum absolute atomic E-state index is 0.787. The lowest BCUT2D eigenvalue weighted by molar-refractivity contribution is 1.62. The van der Waals surface area contributed by atoms with Crippen molar-refractivity contribution in [3.63, 3.8) is 0 Å². The molecule has 0 aliphatic carbocycles. The molecule has 0 rings (SSSR count). The third kappa shape index (κ3) is 2.81. The molecule has 0 heterocycles. The predicted molar refractivity (Wildman–Crippen MR) is 32.5 cm³/mol. The van der Waals surface area contributed by atoms with Crippen LogP contribution in [-0.4, -0.2) is 0 Å². The van der Waals surface area contributed by atoms with E-state index >= 15 is 0 Å². The second-order valence-electron chi connectivity index (χ2n) is 1.14. The molecule has 0 spiro atoms. The van der Waals surface area contributed by atoms with Crippen LogP contribution >= 0.6 is 0 Å². The van der Waals surface area contributed by atoms with E-state index in [0.29, 0.717) is 0 Å². The summed E-state index contributed by atoms with van der Waals surface area (Å²) in [5.41, 5.74) is 0.787. The normalized spacial score (nSPS) is 6.71. The molecular weight excluding hydrogens is 84.1 g/mol. The highest BCUT2D eigenvalue weighted by molar-refractivity contribution is 5.25. The van der Waals surface area contributed by atoms with E-state index in [9.17, 15) is 0 Å². The fraction of sp³-hybridized carbons (Fsp3) is 0. The second kappa shape index (κ2) is 3.20. The number of hydrogen-bond donors (Lipinski definition) is 0. The average Bonchev–Trinajstić information content (AvgIpc) is 1.68. The van der Waals surface area contributed by atoms with Crippen LogP contribution in [0.2, 0.25) is 0 Å². The first-order valence-corrected chi connectivity index (χ1v) is 2.01. The van der Waals surface area contributed by atoms with Gasteiger partial charge < -0.3 is 0 Å². The van der Waals surface area contributed by atoms with Gasteiger partial charge in [-0.1, -0.05) is 0 Å². The molecule has 0 aromatic carbocycles. The Morgan fingerprint density at radius 2 is 2.29 bits per heavy atom. The highest BCUT2D eigenvalue weighted by atomic mass is 13.8. The SMILES string of the molecule is [CH+]=CC(=C)[CH+]C=C. The van der Waals surface area contributed by atoms with Crippen molar-refractivity contribution in [2.24, 2.45) is 0 Å². The number of hydrogen-bond acceptors (Lipinski definition) is 0. The highest BCUT2D eigenvalue weighted by Crippen LogP contribution is 1.94. The minimum Gasteiger partial charge on any atom is -0.0317 e. The van der Waals surface area contributed by atoms with Crippen LogP contribution in [0, 0.1) is 13.0 Å². The van der Waals surface area contributed by atoms with Crippen LogP contribution in [0.3, 0.4) is 0 Å². The van der Waals surface area contributed by atoms with Gasteiger partial charge in [0.15, 0.2) is 0 Å². The third-order valence-corrected chi connectivity index (χ3v) is 0.546. The Hall–Kier alpha value is -1.00. The fourth-order valence-corrected chi connectivity index (χ4v) is 0.207. The number of rotatable bonds is 3. The molecule has 0 amide bonds. The lowest BCUT2D eigenvalue weighted by atomic mass is 10.2. The molecule has 0 nitrogen and oxygen atoms in total. The van der Waals surface area contributed by atoms with Gasteiger partial charge in [-0.15, -0.1) is 0 Å². The molecule has 7 heavy (non-hydrogen) atoms. The van der Waals surface area contributed by atoms with Crippen molar-refractivity contribution in [2.75, 3.05) is 0 Å². The van der Waals surface area contributed by atoms with Crippen molar-refractivity contribution in [3.05, 3.63) is 43.9 Å². The van der Waals surface area contributed by atoms with Gasteiger partial charge in [-0.3, -0.25) is 0 Å². The first-order valence-electron chi connectivity index (χ1n) is 2.01. The molecule has 0 N–H and O–H groups in total. The van der Waals surface area contributed by atoms with E-state index < -0.39 is 0 Å². The molecule has 0 aliphatic heterocycles. The van der Waals surface area contributed by atoms with Crippen molar-refractivity contribution in [1.82, 2.24) is 0 Å². The summed E-state index contributed by atoms with van der Waals surface area (Å²) in [7, 11) is 0. The quantitative estimate of drug-likeness (QED) is 0.368. The zero-order valence-electron chi connectivity index (χ0n) is 4.22. The molecule has 0 fully saturated rings. The smallest absolute Gasteiger partial charge is 0.0317 e. The molecule has 0 radical (unpaired) electrons. The fourth-order valence-electron chi connectivity index (χ4n) is 0.207. The lowest BCUT2D eigenvalue weighted by Gasteiger charge is -1.65. The molecule has 0 heteroatoms. The third-order valence-electron chi connectivity index (χ3n) is 0.546. The summed E-state index contributed by atoms with van der Waals surface area (Å²) in [6.07, 6.45) is 4.81. The largest absolute Gasteiger partial charge is 0.234 e. The van der Waals surface area contributed by atoms with Gasteiger partial charge in [0.05, 0.1) is 6.58 Å². The molecule has 34 valence electrons. The van der Waals surface area contributed by atoms with E-state index in [4.69, 9.17) is 6.58 Å². The van der Waals surface area contributed by atoms with E-state index in [2.05, 4.69) is 13.2 Å². The van der Waals surface area contributed by atoms with E-state index in [1.54, 1.807) is 12.5 Å². The van der Waals surface area contributed by atoms with Crippen molar-refractivity contribution in [1.29, 1.82) is 0 Å². The maximum atomic E-state index is 5.05. The van der Waals surface area contributed by atoms with Gasteiger partial charge in [0.2, 0.25) is 11.6 Å². The summed E-state index contributed by atoms with van der Waals surface area (Å²) in [6.45, 7) is 12.1. The summed E-state index contributed by atoms with van der Waals surface area (Å²) in [5.74, 6) is 0. The first-order chi connectivity index (χ1) is 3.31. The van der Waals surface area contributed by atoms with E-state index in [0.717, 1.165) is 5.57 Å². The Balaban J connectivity index is 3.36. The second-order valence-corrected chi connectivity index (χ2v) is 1.14. The van der Waals surface area contributed by atoms with Gasteiger partial charge in [0.25, 0.3) is 0 Å². The summed E-state index contributed by atoms with van der Waals surface area (Å²) in [5, 5.41) is 0. The molecule has 0 saturated carbocycles. The molecular formula is C7H8+2. The van der Waals surface area contributed by atoms with E-state index in [1.807, 2.05) is 0 Å². The zero-order valence-corrected chi connectivity index (χ0v) is 4.22. The predicted octanol–water partition coefficient (Wildman–Crippen LogP) is 1.92. The highest BCUT2D eigenvalue weighted by Gasteiger charge is 1.97. The molecule has 0 atom stereocenters. The summed E-state index contributed by atoms with van der Waals surface area (Å²) in [6, 6.07) is 0. The standard InChI is InChI=1S/C7H8/c1-4-6-7(3)5-2/h2,4-6H,1,3H2/q+2. The van der Waals surface area contributed by atoms with Crippen molar-refractivity contribution in [2.45, 2.75) is 0 Å². The van der Waals surface area contributed by atoms with Gasteiger partial charge in [-0.2, -0.15) is 0 Å². The van der Waals surface area contributed by atoms with E-state index in [-0.39, 0.29) is 0 Å². The molecule has 0 saturated heterocycles. The summed E-state index contributed by atoms with van der Waals surface area (Å²) < 4.78 is 0. The van der Waals surface area contributed by atoms with Crippen molar-refractivity contribution < 1.29 is 0 Å². The van der Waals surface area contributed by atoms with Gasteiger partial charge >= 0.3 is 0 Å². The topological polar surface area (TPSA) is 0 Å². The van der Waals surface area contributed by atoms with Crippen molar-refractivity contribution in [3.8, 4) is 0 Å². The van der Waals surface area contributed by atoms with Gasteiger partial charge in [-0.25, -0.2) is 0 Å². The Morgan fingerprint density at radius 3 is 2.43 bits per heavy atom. The first kappa shape index (κ1) is 6.00. The van der Waals surface area contributed by atoms with Crippen LogP contribution in [0.15, 0.2) is 30.9 Å². The van der Waals surface area contributed by atoms with Crippen LogP contribution in [-0.2, 0) is 0 Å². The average molecular weight is 92.1 g/mol. The molecule has 0 aromatic rings. The van der Waals surface area contributed by atoms with E-state index in [1.165, 1.54) is 6.08 Å². The maximum Gasteiger partial charge on any atom is 0.234 e. The minimum atomic E-state index is 0.787. The van der Waals surface area contributed by atoms with Crippen molar-refractivity contribution >= 4 is 0 Å². The molecule has 0 bridgehead atoms. The van der Waals surface area contributed by atoms with Crippen LogP contribution in [0.1, 0.15) is 0 Å². The van der Waals surface area contributed by atoms with Crippen LogP contribution in [0.5, 0.6) is 0 Å². The van der Waals surface area contributed by atoms with Crippen LogP contribution in [0.4, 0.5) is 0 Å². The van der Waals surface area contributed by atoms with Crippen LogP contribution < -0.4 is 0 Å². The van der Waals surface area contributed by atoms with Gasteiger partial charge in [0, 0.05) is 6.08 Å². The number of allylic oxidation sites excluding steroid dienone is 3. The summed E-state index contributed by atoms with van der Waals surface area (Å²) >= 11 is 0. The van der Waals surface area contributed by atoms with Gasteiger partial charge in [-0.05, 0) is 6.58 Å². The monoisotopic (exact) mass is 92.1 g/mol. The van der Waals surface area contributed by atoms with Crippen LogP contribution in [0.25, 0.3) is 0 Å². The molecule has 0 aliphatic rings. The molecule has 0 unspecified atom stereocenters. The molecule has 0 aromatic heterocycles. The Labute approximate surface area is 44.9 Å². The Morgan fingerprint density at radius 1 is 1.71 bits per heavy atom. The Kier molecular flexibility index (Phi) is 2.74. The zero-order chi connectivity index (χ0) is 5.70. The summed E-state index contributed by atoms with van der Waals surface area (Å²) in [4.78, 5) is 0. The lowest BCUT2D eigenvalue weighted by Crippen LogP contribution is -1.67. The van der Waals surface area contributed by atoms with Gasteiger partial charge in [0.1, 0.15) is 13.0 Å². The maximum absolute atomic E-state index is 5.05.